The van der Waals surface area contributed by atoms with Crippen LogP contribution < -0.4 is 5.32 Å². The zero-order valence-corrected chi connectivity index (χ0v) is 12.1. The van der Waals surface area contributed by atoms with Crippen LogP contribution in [-0.2, 0) is 0 Å². The average Bonchev–Trinajstić information content (AvgIpc) is 2.77. The third kappa shape index (κ3) is 2.76. The van der Waals surface area contributed by atoms with Crippen LogP contribution in [0.4, 0.5) is 5.69 Å². The fourth-order valence-corrected chi connectivity index (χ4v) is 2.28. The molecule has 1 amide bonds. The lowest BCUT2D eigenvalue weighted by Gasteiger charge is -2.06. The van der Waals surface area contributed by atoms with E-state index in [9.17, 15) is 4.79 Å². The van der Waals surface area contributed by atoms with E-state index in [2.05, 4.69) is 15.3 Å². The summed E-state index contributed by atoms with van der Waals surface area (Å²) in [7, 11) is 0. The van der Waals surface area contributed by atoms with E-state index in [-0.39, 0.29) is 5.91 Å². The molecule has 1 aromatic carbocycles. The van der Waals surface area contributed by atoms with Crippen molar-refractivity contribution in [3.8, 4) is 0 Å². The Morgan fingerprint density at radius 3 is 2.67 bits per heavy atom. The van der Waals surface area contributed by atoms with Gasteiger partial charge in [-0.25, -0.2) is 9.97 Å². The van der Waals surface area contributed by atoms with Gasteiger partial charge in [-0.1, -0.05) is 0 Å². The Hall–Kier alpha value is -2.69. The monoisotopic (exact) mass is 281 g/mol. The van der Waals surface area contributed by atoms with Gasteiger partial charge in [0.15, 0.2) is 0 Å². The Labute approximate surface area is 122 Å². The van der Waals surface area contributed by atoms with Crippen LogP contribution in [0.1, 0.15) is 27.8 Å². The number of hydrogen-bond acceptors (Lipinski definition) is 4. The van der Waals surface area contributed by atoms with E-state index in [0.717, 1.165) is 22.4 Å². The summed E-state index contributed by atoms with van der Waals surface area (Å²) in [6.45, 7) is 5.50. The predicted molar refractivity (Wildman–Crippen MR) is 80.4 cm³/mol. The van der Waals surface area contributed by atoms with Crippen molar-refractivity contribution in [3.63, 3.8) is 0 Å². The van der Waals surface area contributed by atoms with E-state index in [1.807, 2.05) is 38.1 Å². The Bertz CT molecular complexity index is 816. The lowest BCUT2D eigenvalue weighted by molar-refractivity contribution is 0.102. The standard InChI is InChI=1S/C16H15N3O2/c1-9-6-14(18-11(3)17-9)16(20)19-13-4-5-15-12(8-13)7-10(2)21-15/h4-8H,1-3H3,(H,19,20). The summed E-state index contributed by atoms with van der Waals surface area (Å²) >= 11 is 0. The van der Waals surface area contributed by atoms with Crippen molar-refractivity contribution in [3.05, 3.63) is 53.3 Å². The summed E-state index contributed by atoms with van der Waals surface area (Å²) in [5.74, 6) is 1.18. The molecular formula is C16H15N3O2. The number of anilines is 1. The number of rotatable bonds is 2. The molecule has 5 heteroatoms. The molecule has 2 aromatic heterocycles. The maximum atomic E-state index is 12.2. The Balaban J connectivity index is 1.88. The average molecular weight is 281 g/mol. The highest BCUT2D eigenvalue weighted by molar-refractivity contribution is 6.03. The number of furan rings is 1. The van der Waals surface area contributed by atoms with Crippen molar-refractivity contribution in [2.24, 2.45) is 0 Å². The first-order valence-electron chi connectivity index (χ1n) is 6.65. The molecule has 5 nitrogen and oxygen atoms in total. The molecule has 0 fully saturated rings. The third-order valence-corrected chi connectivity index (χ3v) is 3.10. The van der Waals surface area contributed by atoms with Crippen LogP contribution in [-0.4, -0.2) is 15.9 Å². The number of amides is 1. The largest absolute Gasteiger partial charge is 0.461 e. The van der Waals surface area contributed by atoms with Crippen LogP contribution >= 0.6 is 0 Å². The second-order valence-corrected chi connectivity index (χ2v) is 5.01. The minimum atomic E-state index is -0.247. The molecule has 0 unspecified atom stereocenters. The number of nitrogens with zero attached hydrogens (tertiary/aromatic N) is 2. The summed E-state index contributed by atoms with van der Waals surface area (Å²) in [5, 5.41) is 3.80. The summed E-state index contributed by atoms with van der Waals surface area (Å²) in [6.07, 6.45) is 0. The second-order valence-electron chi connectivity index (χ2n) is 5.01. The van der Waals surface area contributed by atoms with Gasteiger partial charge in [0.25, 0.3) is 5.91 Å². The normalized spacial score (nSPS) is 10.8. The number of aromatic nitrogens is 2. The molecule has 0 aliphatic rings. The van der Waals surface area contributed by atoms with Crippen LogP contribution in [0, 0.1) is 20.8 Å². The second kappa shape index (κ2) is 5.01. The topological polar surface area (TPSA) is 68.0 Å². The van der Waals surface area contributed by atoms with E-state index in [0.29, 0.717) is 17.2 Å². The summed E-state index contributed by atoms with van der Waals surface area (Å²) in [5.41, 5.74) is 2.65. The fourth-order valence-electron chi connectivity index (χ4n) is 2.28. The van der Waals surface area contributed by atoms with Crippen LogP contribution in [0.2, 0.25) is 0 Å². The molecule has 2 heterocycles. The van der Waals surface area contributed by atoms with Gasteiger partial charge in [-0.15, -0.1) is 0 Å². The molecule has 3 rings (SSSR count). The van der Waals surface area contributed by atoms with Crippen molar-refractivity contribution in [1.82, 2.24) is 9.97 Å². The van der Waals surface area contributed by atoms with Gasteiger partial charge in [-0.3, -0.25) is 4.79 Å². The molecule has 1 N–H and O–H groups in total. The Morgan fingerprint density at radius 2 is 1.90 bits per heavy atom. The quantitative estimate of drug-likeness (QED) is 0.781. The summed E-state index contributed by atoms with van der Waals surface area (Å²) < 4.78 is 5.51. The molecule has 0 bridgehead atoms. The highest BCUT2D eigenvalue weighted by atomic mass is 16.3. The molecule has 0 atom stereocenters. The SMILES string of the molecule is Cc1cc(C(=O)Nc2ccc3oc(C)cc3c2)nc(C)n1. The van der Waals surface area contributed by atoms with Crippen molar-refractivity contribution in [1.29, 1.82) is 0 Å². The number of carbonyl (C=O) groups excluding carboxylic acids is 1. The van der Waals surface area contributed by atoms with Crippen LogP contribution in [0.15, 0.2) is 34.7 Å². The number of benzene rings is 1. The third-order valence-electron chi connectivity index (χ3n) is 3.10. The Kier molecular flexibility index (Phi) is 3.17. The number of fused-ring (bicyclic) bond motifs is 1. The molecule has 0 aliphatic carbocycles. The van der Waals surface area contributed by atoms with Gasteiger partial charge in [0, 0.05) is 16.8 Å². The minimum Gasteiger partial charge on any atom is -0.461 e. The maximum absolute atomic E-state index is 12.2. The van der Waals surface area contributed by atoms with Crippen LogP contribution in [0.3, 0.4) is 0 Å². The van der Waals surface area contributed by atoms with Gasteiger partial charge >= 0.3 is 0 Å². The van der Waals surface area contributed by atoms with Crippen LogP contribution in [0.5, 0.6) is 0 Å². The zero-order valence-electron chi connectivity index (χ0n) is 12.1. The lowest BCUT2D eigenvalue weighted by atomic mass is 10.2. The van der Waals surface area contributed by atoms with Gasteiger partial charge in [-0.05, 0) is 51.1 Å². The van der Waals surface area contributed by atoms with E-state index >= 15 is 0 Å². The lowest BCUT2D eigenvalue weighted by Crippen LogP contribution is -2.15. The fraction of sp³-hybridized carbons (Fsp3) is 0.188. The molecular weight excluding hydrogens is 266 g/mol. The molecule has 0 saturated heterocycles. The first-order chi connectivity index (χ1) is 10.0. The highest BCUT2D eigenvalue weighted by Gasteiger charge is 2.10. The van der Waals surface area contributed by atoms with Gasteiger partial charge in [0.2, 0.25) is 0 Å². The summed E-state index contributed by atoms with van der Waals surface area (Å²) in [6, 6.07) is 9.13. The van der Waals surface area contributed by atoms with Crippen molar-refractivity contribution >= 4 is 22.6 Å². The molecule has 0 saturated carbocycles. The van der Waals surface area contributed by atoms with Crippen molar-refractivity contribution in [2.45, 2.75) is 20.8 Å². The number of hydrogen-bond donors (Lipinski definition) is 1. The van der Waals surface area contributed by atoms with Gasteiger partial charge < -0.3 is 9.73 Å². The molecule has 0 radical (unpaired) electrons. The number of nitrogens with one attached hydrogen (secondary N) is 1. The number of carbonyl (C=O) groups is 1. The Morgan fingerprint density at radius 1 is 1.10 bits per heavy atom. The number of aryl methyl sites for hydroxylation is 3. The van der Waals surface area contributed by atoms with Crippen LogP contribution in [0.25, 0.3) is 11.0 Å². The first kappa shape index (κ1) is 13.3. The molecule has 0 aliphatic heterocycles. The molecule has 0 spiro atoms. The first-order valence-corrected chi connectivity index (χ1v) is 6.65. The van der Waals surface area contributed by atoms with Crippen molar-refractivity contribution in [2.75, 3.05) is 5.32 Å². The minimum absolute atomic E-state index is 0.247. The smallest absolute Gasteiger partial charge is 0.274 e. The zero-order chi connectivity index (χ0) is 15.0. The summed E-state index contributed by atoms with van der Waals surface area (Å²) in [4.78, 5) is 20.6. The highest BCUT2D eigenvalue weighted by Crippen LogP contribution is 2.22. The van der Waals surface area contributed by atoms with E-state index in [4.69, 9.17) is 4.42 Å². The van der Waals surface area contributed by atoms with Gasteiger partial charge in [0.05, 0.1) is 0 Å². The molecule has 21 heavy (non-hydrogen) atoms. The van der Waals surface area contributed by atoms with Gasteiger partial charge in [0.1, 0.15) is 22.9 Å². The molecule has 3 aromatic rings. The predicted octanol–water partition coefficient (Wildman–Crippen LogP) is 3.40. The molecule has 106 valence electrons. The van der Waals surface area contributed by atoms with Gasteiger partial charge in [-0.2, -0.15) is 0 Å². The van der Waals surface area contributed by atoms with Crippen molar-refractivity contribution < 1.29 is 9.21 Å². The van der Waals surface area contributed by atoms with E-state index in [1.54, 1.807) is 13.0 Å². The van der Waals surface area contributed by atoms with E-state index in [1.165, 1.54) is 0 Å². The van der Waals surface area contributed by atoms with E-state index < -0.39 is 0 Å². The maximum Gasteiger partial charge on any atom is 0.274 e.